The molecule has 2 bridgehead atoms. The highest BCUT2D eigenvalue weighted by Gasteiger charge is 2.62. The maximum absolute atomic E-state index is 12.8. The highest BCUT2D eigenvalue weighted by atomic mass is 35.5. The van der Waals surface area contributed by atoms with Crippen LogP contribution in [0, 0.1) is 42.4 Å². The van der Waals surface area contributed by atoms with Gasteiger partial charge in [0, 0.05) is 10.7 Å². The lowest BCUT2D eigenvalue weighted by atomic mass is 9.62. The van der Waals surface area contributed by atoms with Crippen molar-refractivity contribution in [2.24, 2.45) is 35.5 Å². The molecule has 0 unspecified atom stereocenters. The molecule has 23 heavy (non-hydrogen) atoms. The highest BCUT2D eigenvalue weighted by Crippen LogP contribution is 2.63. The zero-order chi connectivity index (χ0) is 16.3. The molecule has 5 rings (SSSR count). The summed E-state index contributed by atoms with van der Waals surface area (Å²) in [6.45, 7) is 1.84. The van der Waals surface area contributed by atoms with E-state index in [1.54, 1.807) is 18.2 Å². The van der Waals surface area contributed by atoms with Gasteiger partial charge in [-0.3, -0.25) is 9.59 Å². The zero-order valence-electron chi connectivity index (χ0n) is 12.7. The average molecular weight is 332 g/mol. The van der Waals surface area contributed by atoms with Crippen molar-refractivity contribution in [3.63, 3.8) is 0 Å². The number of fused-ring (bicyclic) bond motifs is 1. The number of halogens is 1. The number of nitrogens with one attached hydrogen (secondary N) is 1. The second-order valence-electron chi connectivity index (χ2n) is 6.89. The molecule has 0 aromatic heterocycles. The number of rotatable bonds is 3. The Kier molecular flexibility index (Phi) is 3.27. The van der Waals surface area contributed by atoms with Gasteiger partial charge in [-0.2, -0.15) is 0 Å². The molecule has 0 spiro atoms. The van der Waals surface area contributed by atoms with Gasteiger partial charge in [0.1, 0.15) is 0 Å². The van der Waals surface area contributed by atoms with Crippen LogP contribution in [0.25, 0.3) is 0 Å². The van der Waals surface area contributed by atoms with Crippen molar-refractivity contribution in [1.82, 2.24) is 0 Å². The van der Waals surface area contributed by atoms with E-state index in [2.05, 4.69) is 11.4 Å². The summed E-state index contributed by atoms with van der Waals surface area (Å²) in [5, 5.41) is 13.1. The largest absolute Gasteiger partial charge is 0.481 e. The molecule has 5 heteroatoms. The standard InChI is InChI=1S/C18H18ClNO3/c1-8-13(19)3-2-4-14(8)20-17(21)15-9-5-6-10(12-7-11(9)12)16(15)18(22)23/h2-6,9-12,15-16H,7H2,1H3,(H,20,21)(H,22,23)/t9-,10+,11+,12-,15+,16+/m0/s1. The lowest BCUT2D eigenvalue weighted by Gasteiger charge is -2.41. The molecule has 6 atom stereocenters. The molecule has 4 nitrogen and oxygen atoms in total. The molecule has 0 saturated heterocycles. The molecule has 4 aliphatic rings. The fourth-order valence-corrected chi connectivity index (χ4v) is 4.70. The molecular weight excluding hydrogens is 314 g/mol. The number of hydrogen-bond acceptors (Lipinski definition) is 2. The van der Waals surface area contributed by atoms with E-state index < -0.39 is 17.8 Å². The number of benzene rings is 1. The van der Waals surface area contributed by atoms with Gasteiger partial charge in [-0.15, -0.1) is 0 Å². The minimum Gasteiger partial charge on any atom is -0.481 e. The van der Waals surface area contributed by atoms with Gasteiger partial charge < -0.3 is 10.4 Å². The van der Waals surface area contributed by atoms with Crippen LogP contribution in [0.4, 0.5) is 5.69 Å². The van der Waals surface area contributed by atoms with E-state index in [1.165, 1.54) is 0 Å². The van der Waals surface area contributed by atoms with Crippen LogP contribution in [0.1, 0.15) is 12.0 Å². The van der Waals surface area contributed by atoms with Crippen LogP contribution in [0.15, 0.2) is 30.4 Å². The molecule has 1 aromatic carbocycles. The van der Waals surface area contributed by atoms with E-state index in [0.717, 1.165) is 12.0 Å². The van der Waals surface area contributed by atoms with Gasteiger partial charge in [-0.05, 0) is 54.7 Å². The Labute approximate surface area is 139 Å². The fourth-order valence-electron chi connectivity index (χ4n) is 4.53. The number of allylic oxidation sites excluding steroid dienone is 2. The van der Waals surface area contributed by atoms with E-state index in [4.69, 9.17) is 11.6 Å². The minimum absolute atomic E-state index is 0.00120. The topological polar surface area (TPSA) is 66.4 Å². The van der Waals surface area contributed by atoms with Crippen molar-refractivity contribution in [1.29, 1.82) is 0 Å². The van der Waals surface area contributed by atoms with Crippen molar-refractivity contribution < 1.29 is 14.7 Å². The molecule has 0 heterocycles. The molecule has 1 aromatic rings. The van der Waals surface area contributed by atoms with Gasteiger partial charge in [0.05, 0.1) is 11.8 Å². The molecule has 0 aliphatic heterocycles. The van der Waals surface area contributed by atoms with Crippen molar-refractivity contribution >= 4 is 29.2 Å². The van der Waals surface area contributed by atoms with E-state index in [9.17, 15) is 14.7 Å². The normalized spacial score (nSPS) is 36.4. The van der Waals surface area contributed by atoms with Gasteiger partial charge in [0.2, 0.25) is 5.91 Å². The summed E-state index contributed by atoms with van der Waals surface area (Å²) in [4.78, 5) is 24.6. The number of aliphatic carboxylic acids is 1. The molecule has 1 amide bonds. The van der Waals surface area contributed by atoms with E-state index in [0.29, 0.717) is 22.5 Å². The third-order valence-corrected chi connectivity index (χ3v) is 6.17. The van der Waals surface area contributed by atoms with E-state index in [1.807, 2.05) is 13.0 Å². The molecule has 0 radical (unpaired) electrons. The monoisotopic (exact) mass is 331 g/mol. The van der Waals surface area contributed by atoms with Crippen LogP contribution < -0.4 is 5.32 Å². The Morgan fingerprint density at radius 3 is 2.48 bits per heavy atom. The molecule has 2 N–H and O–H groups in total. The number of amides is 1. The lowest BCUT2D eigenvalue weighted by molar-refractivity contribution is -0.152. The average Bonchev–Trinajstić information content (AvgIpc) is 3.33. The SMILES string of the molecule is Cc1c(Cl)cccc1NC(=O)[C@@H]1[C@H]2C=C[C@H]([C@@H]3C[C@H]23)[C@H]1C(=O)O. The number of carboxylic acids is 1. The number of carbonyl (C=O) groups excluding carboxylic acids is 1. The second-order valence-corrected chi connectivity index (χ2v) is 7.30. The smallest absolute Gasteiger partial charge is 0.307 e. The quantitative estimate of drug-likeness (QED) is 0.835. The first kappa shape index (κ1) is 14.8. The minimum atomic E-state index is -0.863. The first-order valence-corrected chi connectivity index (χ1v) is 8.34. The van der Waals surface area contributed by atoms with E-state index >= 15 is 0 Å². The second kappa shape index (κ2) is 5.10. The summed E-state index contributed by atoms with van der Waals surface area (Å²) in [7, 11) is 0. The zero-order valence-corrected chi connectivity index (χ0v) is 13.5. The summed E-state index contributed by atoms with van der Waals surface area (Å²) in [5.41, 5.74) is 1.46. The first-order valence-electron chi connectivity index (χ1n) is 7.96. The highest BCUT2D eigenvalue weighted by molar-refractivity contribution is 6.31. The predicted octanol–water partition coefficient (Wildman–Crippen LogP) is 3.36. The van der Waals surface area contributed by atoms with Crippen LogP contribution in [0.5, 0.6) is 0 Å². The van der Waals surface area contributed by atoms with Crippen LogP contribution >= 0.6 is 11.6 Å². The Morgan fingerprint density at radius 1 is 1.17 bits per heavy atom. The van der Waals surface area contributed by atoms with Gasteiger partial charge >= 0.3 is 5.97 Å². The molecule has 2 saturated carbocycles. The van der Waals surface area contributed by atoms with Crippen molar-refractivity contribution in [2.75, 3.05) is 5.32 Å². The fraction of sp³-hybridized carbons (Fsp3) is 0.444. The van der Waals surface area contributed by atoms with Crippen molar-refractivity contribution in [3.05, 3.63) is 40.9 Å². The Morgan fingerprint density at radius 2 is 1.83 bits per heavy atom. The summed E-state index contributed by atoms with van der Waals surface area (Å²) < 4.78 is 0. The molecule has 4 aliphatic carbocycles. The summed E-state index contributed by atoms with van der Waals surface area (Å²) >= 11 is 6.10. The van der Waals surface area contributed by atoms with Gasteiger partial charge in [-0.25, -0.2) is 0 Å². The van der Waals surface area contributed by atoms with Crippen LogP contribution in [0.2, 0.25) is 5.02 Å². The molecular formula is C18H18ClNO3. The predicted molar refractivity (Wildman–Crippen MR) is 87.2 cm³/mol. The summed E-state index contributed by atoms with van der Waals surface area (Å²) in [6.07, 6.45) is 5.13. The number of anilines is 1. The maximum atomic E-state index is 12.8. The lowest BCUT2D eigenvalue weighted by Crippen LogP contribution is -2.48. The van der Waals surface area contributed by atoms with Crippen LogP contribution in [0.3, 0.4) is 0 Å². The summed E-state index contributed by atoms with van der Waals surface area (Å²) in [6, 6.07) is 5.35. The van der Waals surface area contributed by atoms with Crippen LogP contribution in [-0.4, -0.2) is 17.0 Å². The van der Waals surface area contributed by atoms with Gasteiger partial charge in [0.25, 0.3) is 0 Å². The Bertz CT molecular complexity index is 729. The maximum Gasteiger partial charge on any atom is 0.307 e. The van der Waals surface area contributed by atoms with E-state index in [-0.39, 0.29) is 17.7 Å². The molecule has 120 valence electrons. The van der Waals surface area contributed by atoms with Gasteiger partial charge in [0.15, 0.2) is 0 Å². The number of carbonyl (C=O) groups is 2. The van der Waals surface area contributed by atoms with Crippen LogP contribution in [-0.2, 0) is 9.59 Å². The summed E-state index contributed by atoms with van der Waals surface area (Å²) in [5.74, 6) is -1.19. The third kappa shape index (κ3) is 2.19. The Hall–Kier alpha value is -1.81. The number of hydrogen-bond donors (Lipinski definition) is 2. The van der Waals surface area contributed by atoms with Gasteiger partial charge in [-0.1, -0.05) is 29.8 Å². The Balaban J connectivity index is 1.63. The first-order chi connectivity index (χ1) is 11.0. The number of carboxylic acid groups (broad SMARTS) is 1. The van der Waals surface area contributed by atoms with Crippen molar-refractivity contribution in [3.8, 4) is 0 Å². The van der Waals surface area contributed by atoms with Crippen molar-refractivity contribution in [2.45, 2.75) is 13.3 Å². The molecule has 2 fully saturated rings. The third-order valence-electron chi connectivity index (χ3n) is 5.77.